The zero-order valence-electron chi connectivity index (χ0n) is 11.2. The van der Waals surface area contributed by atoms with Gasteiger partial charge >= 0.3 is 5.97 Å². The molecule has 0 heterocycles. The molecule has 1 N–H and O–H groups in total. The van der Waals surface area contributed by atoms with Crippen molar-refractivity contribution in [2.75, 3.05) is 6.61 Å². The Hall–Kier alpha value is -0.710. The fraction of sp³-hybridized carbons (Fsp3) is 0.923. The van der Waals surface area contributed by atoms with Crippen LogP contribution in [0.5, 0.6) is 0 Å². The van der Waals surface area contributed by atoms with Crippen LogP contribution in [0, 0.1) is 11.8 Å². The van der Waals surface area contributed by atoms with Crippen LogP contribution in [0.2, 0.25) is 0 Å². The summed E-state index contributed by atoms with van der Waals surface area (Å²) in [5.41, 5.74) is -0.566. The van der Waals surface area contributed by atoms with Gasteiger partial charge in [0.1, 0.15) is 5.60 Å². The minimum Gasteiger partial charge on any atom is -0.460 e. The molecule has 1 aliphatic carbocycles. The van der Waals surface area contributed by atoms with Gasteiger partial charge in [-0.15, -0.1) is 0 Å². The highest BCUT2D eigenvalue weighted by atomic mass is 19.3. The normalized spacial score (nSPS) is 23.9. The van der Waals surface area contributed by atoms with E-state index in [9.17, 15) is 13.6 Å². The van der Waals surface area contributed by atoms with Crippen molar-refractivity contribution in [1.29, 1.82) is 0 Å². The molecular formula is C13H22F2O3. The van der Waals surface area contributed by atoms with Gasteiger partial charge in [0.05, 0.1) is 5.92 Å². The fourth-order valence-corrected chi connectivity index (χ4v) is 1.96. The monoisotopic (exact) mass is 264 g/mol. The number of ether oxygens (including phenoxy) is 1. The Morgan fingerprint density at radius 2 is 2.00 bits per heavy atom. The molecule has 0 aromatic heterocycles. The summed E-state index contributed by atoms with van der Waals surface area (Å²) in [5.74, 6) is -3.80. The van der Waals surface area contributed by atoms with E-state index in [0.29, 0.717) is 6.42 Å². The first kappa shape index (κ1) is 15.3. The van der Waals surface area contributed by atoms with Crippen LogP contribution < -0.4 is 0 Å². The summed E-state index contributed by atoms with van der Waals surface area (Å²) in [5, 5.41) is 8.54. The molecule has 1 aliphatic rings. The van der Waals surface area contributed by atoms with Crippen LogP contribution in [-0.4, -0.2) is 29.2 Å². The zero-order chi connectivity index (χ0) is 14.0. The van der Waals surface area contributed by atoms with Crippen LogP contribution in [0.25, 0.3) is 0 Å². The molecule has 1 unspecified atom stereocenters. The Kier molecular flexibility index (Phi) is 4.70. The van der Waals surface area contributed by atoms with Crippen molar-refractivity contribution in [2.45, 2.75) is 58.0 Å². The van der Waals surface area contributed by atoms with E-state index in [1.165, 1.54) is 0 Å². The second-order valence-corrected chi connectivity index (χ2v) is 6.02. The van der Waals surface area contributed by atoms with Gasteiger partial charge in [0.2, 0.25) is 5.92 Å². The molecule has 0 amide bonds. The van der Waals surface area contributed by atoms with E-state index in [0.717, 1.165) is 0 Å². The number of aliphatic hydroxyl groups is 1. The molecule has 1 fully saturated rings. The number of hydrogen-bond donors (Lipinski definition) is 1. The van der Waals surface area contributed by atoms with Crippen LogP contribution in [0.1, 0.15) is 46.5 Å². The van der Waals surface area contributed by atoms with Gasteiger partial charge < -0.3 is 9.84 Å². The van der Waals surface area contributed by atoms with E-state index in [1.54, 1.807) is 20.8 Å². The van der Waals surface area contributed by atoms with Crippen LogP contribution in [0.15, 0.2) is 0 Å². The minimum atomic E-state index is -2.79. The van der Waals surface area contributed by atoms with E-state index >= 15 is 0 Å². The smallest absolute Gasteiger partial charge is 0.309 e. The molecule has 5 heteroatoms. The molecule has 0 saturated heterocycles. The van der Waals surface area contributed by atoms with E-state index < -0.39 is 11.5 Å². The molecule has 3 nitrogen and oxygen atoms in total. The number of rotatable bonds is 6. The summed E-state index contributed by atoms with van der Waals surface area (Å²) >= 11 is 0. The topological polar surface area (TPSA) is 46.5 Å². The van der Waals surface area contributed by atoms with Gasteiger partial charge in [-0.1, -0.05) is 0 Å². The maximum absolute atomic E-state index is 13.4. The minimum absolute atomic E-state index is 0.0941. The summed E-state index contributed by atoms with van der Waals surface area (Å²) < 4.78 is 32.0. The van der Waals surface area contributed by atoms with Gasteiger partial charge in [-0.25, -0.2) is 8.78 Å². The van der Waals surface area contributed by atoms with Crippen molar-refractivity contribution in [3.63, 3.8) is 0 Å². The molecular weight excluding hydrogens is 242 g/mol. The van der Waals surface area contributed by atoms with Crippen molar-refractivity contribution in [2.24, 2.45) is 11.8 Å². The summed E-state index contributed by atoms with van der Waals surface area (Å²) in [7, 11) is 0. The number of halogens is 2. The maximum Gasteiger partial charge on any atom is 0.309 e. The number of esters is 1. The largest absolute Gasteiger partial charge is 0.460 e. The van der Waals surface area contributed by atoms with Crippen LogP contribution in [-0.2, 0) is 9.53 Å². The van der Waals surface area contributed by atoms with Crippen LogP contribution in [0.4, 0.5) is 8.78 Å². The van der Waals surface area contributed by atoms with E-state index in [2.05, 4.69) is 0 Å². The highest BCUT2D eigenvalue weighted by molar-refractivity contribution is 5.76. The van der Waals surface area contributed by atoms with Gasteiger partial charge in [0.15, 0.2) is 0 Å². The number of carbonyl (C=O) groups excluding carboxylic acids is 1. The fourth-order valence-electron chi connectivity index (χ4n) is 1.96. The van der Waals surface area contributed by atoms with Gasteiger partial charge in [-0.3, -0.25) is 4.79 Å². The molecule has 2 atom stereocenters. The van der Waals surface area contributed by atoms with Crippen molar-refractivity contribution in [3.8, 4) is 0 Å². The van der Waals surface area contributed by atoms with Gasteiger partial charge in [-0.2, -0.15) is 0 Å². The van der Waals surface area contributed by atoms with Gasteiger partial charge in [-0.05, 0) is 39.5 Å². The summed E-state index contributed by atoms with van der Waals surface area (Å²) in [6.07, 6.45) is -0.0155. The average molecular weight is 264 g/mol. The van der Waals surface area contributed by atoms with Gasteiger partial charge in [0.25, 0.3) is 0 Å². The quantitative estimate of drug-likeness (QED) is 0.750. The molecule has 106 valence electrons. The van der Waals surface area contributed by atoms with E-state index in [-0.39, 0.29) is 43.7 Å². The number of hydrogen-bond acceptors (Lipinski definition) is 3. The van der Waals surface area contributed by atoms with E-state index in [1.807, 2.05) is 0 Å². The molecule has 0 aliphatic heterocycles. The lowest BCUT2D eigenvalue weighted by atomic mass is 10.1. The Morgan fingerprint density at radius 1 is 1.39 bits per heavy atom. The lowest BCUT2D eigenvalue weighted by Gasteiger charge is -2.20. The predicted molar refractivity (Wildman–Crippen MR) is 63.3 cm³/mol. The lowest BCUT2D eigenvalue weighted by Crippen LogP contribution is -2.26. The Bertz CT molecular complexity index is 297. The SMILES string of the molecule is CC(C)(C)OC(=O)[C@@H]1CC1CC(F)(F)CCCO. The molecule has 0 bridgehead atoms. The van der Waals surface area contributed by atoms with Crippen molar-refractivity contribution in [1.82, 2.24) is 0 Å². The molecule has 0 radical (unpaired) electrons. The van der Waals surface area contributed by atoms with Crippen molar-refractivity contribution in [3.05, 3.63) is 0 Å². The number of carbonyl (C=O) groups is 1. The molecule has 1 saturated carbocycles. The second-order valence-electron chi connectivity index (χ2n) is 6.02. The molecule has 18 heavy (non-hydrogen) atoms. The third-order valence-electron chi connectivity index (χ3n) is 2.89. The highest BCUT2D eigenvalue weighted by Gasteiger charge is 2.49. The number of aliphatic hydroxyl groups excluding tert-OH is 1. The maximum atomic E-state index is 13.4. The Morgan fingerprint density at radius 3 is 2.50 bits per heavy atom. The van der Waals surface area contributed by atoms with E-state index in [4.69, 9.17) is 9.84 Å². The third-order valence-corrected chi connectivity index (χ3v) is 2.89. The first-order valence-corrected chi connectivity index (χ1v) is 6.36. The first-order chi connectivity index (χ1) is 8.14. The summed E-state index contributed by atoms with van der Waals surface area (Å²) in [6.45, 7) is 5.06. The first-order valence-electron chi connectivity index (χ1n) is 6.36. The molecule has 0 aromatic rings. The van der Waals surface area contributed by atoms with Crippen LogP contribution in [0.3, 0.4) is 0 Å². The average Bonchev–Trinajstić information content (AvgIpc) is 2.91. The third kappa shape index (κ3) is 5.29. The zero-order valence-corrected chi connectivity index (χ0v) is 11.2. The highest BCUT2D eigenvalue weighted by Crippen LogP contribution is 2.47. The molecule has 0 aromatic carbocycles. The second kappa shape index (κ2) is 5.51. The summed E-state index contributed by atoms with van der Waals surface area (Å²) in [4.78, 5) is 11.6. The lowest BCUT2D eigenvalue weighted by molar-refractivity contribution is -0.157. The standard InChI is InChI=1S/C13H22F2O3/c1-12(2,3)18-11(17)10-7-9(10)8-13(14,15)5-4-6-16/h9-10,16H,4-8H2,1-3H3/t9?,10-/m1/s1. The Labute approximate surface area is 107 Å². The molecule has 0 spiro atoms. The van der Waals surface area contributed by atoms with Crippen molar-refractivity contribution >= 4 is 5.97 Å². The van der Waals surface area contributed by atoms with Crippen molar-refractivity contribution < 1.29 is 23.4 Å². The van der Waals surface area contributed by atoms with Crippen LogP contribution >= 0.6 is 0 Å². The number of alkyl halides is 2. The molecule has 1 rings (SSSR count). The van der Waals surface area contributed by atoms with Gasteiger partial charge in [0, 0.05) is 19.4 Å². The predicted octanol–water partition coefficient (Wildman–Crippen LogP) is 2.76. The Balaban J connectivity index is 2.34. The summed E-state index contributed by atoms with van der Waals surface area (Å²) in [6, 6.07) is 0.